The lowest BCUT2D eigenvalue weighted by molar-refractivity contribution is -0.386. The van der Waals surface area contributed by atoms with Gasteiger partial charge in [-0.05, 0) is 18.9 Å². The van der Waals surface area contributed by atoms with Crippen molar-refractivity contribution >= 4 is 5.69 Å². The molecule has 0 aliphatic heterocycles. The summed E-state index contributed by atoms with van der Waals surface area (Å²) in [7, 11) is 0. The van der Waals surface area contributed by atoms with Crippen molar-refractivity contribution < 1.29 is 19.9 Å². The molecule has 2 N–H and O–H groups in total. The molecule has 0 aliphatic carbocycles. The van der Waals surface area contributed by atoms with Gasteiger partial charge in [0, 0.05) is 19.3 Å². The summed E-state index contributed by atoms with van der Waals surface area (Å²) < 4.78 is 5.53. The molecule has 0 saturated carbocycles. The van der Waals surface area contributed by atoms with E-state index >= 15 is 0 Å². The number of hydrogen-bond donors (Lipinski definition) is 2. The maximum absolute atomic E-state index is 10.1. The highest BCUT2D eigenvalue weighted by Crippen LogP contribution is 2.33. The van der Waals surface area contributed by atoms with Crippen LogP contribution in [0.4, 0.5) is 5.69 Å². The van der Waals surface area contributed by atoms with Gasteiger partial charge in [0.25, 0.3) is 0 Å². The lowest BCUT2D eigenvalue weighted by Crippen LogP contribution is -1.96. The third-order valence-electron chi connectivity index (χ3n) is 3.47. The van der Waals surface area contributed by atoms with Crippen LogP contribution in [0.2, 0.25) is 0 Å². The standard InChI is InChI=1S/C12H26O.C6H5NO4/c1-3-5-7-9-11-13-12-10-8-6-4-2;8-5-3-1-2-4(6(5)9)7(10)11/h3-12H2,1-2H3;1-3,8-9H. The Kier molecular flexibility index (Phi) is 13.6. The zero-order valence-electron chi connectivity index (χ0n) is 14.9. The molecule has 24 heavy (non-hydrogen) atoms. The highest BCUT2D eigenvalue weighted by molar-refractivity contribution is 5.53. The summed E-state index contributed by atoms with van der Waals surface area (Å²) in [5, 5.41) is 27.8. The van der Waals surface area contributed by atoms with Gasteiger partial charge >= 0.3 is 5.69 Å². The van der Waals surface area contributed by atoms with Gasteiger partial charge in [-0.25, -0.2) is 0 Å². The number of hydrogen-bond acceptors (Lipinski definition) is 5. The van der Waals surface area contributed by atoms with Gasteiger partial charge in [-0.3, -0.25) is 10.1 Å². The number of unbranched alkanes of at least 4 members (excludes halogenated alkanes) is 6. The predicted octanol–water partition coefficient (Wildman–Crippen LogP) is 5.17. The summed E-state index contributed by atoms with van der Waals surface area (Å²) in [6.07, 6.45) is 10.5. The van der Waals surface area contributed by atoms with E-state index in [-0.39, 0.29) is 0 Å². The Morgan fingerprint density at radius 1 is 0.958 bits per heavy atom. The molecule has 1 aromatic carbocycles. The van der Waals surface area contributed by atoms with E-state index in [1.165, 1.54) is 63.5 Å². The van der Waals surface area contributed by atoms with E-state index < -0.39 is 22.1 Å². The molecule has 0 spiro atoms. The molecule has 6 heteroatoms. The number of aromatic hydroxyl groups is 2. The highest BCUT2D eigenvalue weighted by Gasteiger charge is 2.14. The number of ether oxygens (including phenoxy) is 1. The van der Waals surface area contributed by atoms with Crippen LogP contribution in [-0.4, -0.2) is 28.4 Å². The zero-order valence-corrected chi connectivity index (χ0v) is 14.9. The number of para-hydroxylation sites is 1. The van der Waals surface area contributed by atoms with Gasteiger partial charge in [-0.15, -0.1) is 0 Å². The second-order valence-electron chi connectivity index (χ2n) is 5.64. The Hall–Kier alpha value is -1.82. The fourth-order valence-corrected chi connectivity index (χ4v) is 2.03. The number of rotatable bonds is 11. The monoisotopic (exact) mass is 341 g/mol. The molecular weight excluding hydrogens is 310 g/mol. The first-order valence-electron chi connectivity index (χ1n) is 8.77. The molecule has 0 fully saturated rings. The van der Waals surface area contributed by atoms with Crippen molar-refractivity contribution in [3.63, 3.8) is 0 Å². The highest BCUT2D eigenvalue weighted by atomic mass is 16.6. The van der Waals surface area contributed by atoms with Gasteiger partial charge in [0.1, 0.15) is 0 Å². The first-order chi connectivity index (χ1) is 11.5. The number of phenols is 2. The molecule has 0 atom stereocenters. The number of benzene rings is 1. The van der Waals surface area contributed by atoms with E-state index in [9.17, 15) is 10.1 Å². The van der Waals surface area contributed by atoms with Crippen molar-refractivity contribution in [3.05, 3.63) is 28.3 Å². The molecule has 1 rings (SSSR count). The van der Waals surface area contributed by atoms with E-state index in [4.69, 9.17) is 14.9 Å². The zero-order chi connectivity index (χ0) is 18.2. The van der Waals surface area contributed by atoms with Crippen molar-refractivity contribution in [3.8, 4) is 11.5 Å². The molecule has 0 heterocycles. The lowest BCUT2D eigenvalue weighted by Gasteiger charge is -2.03. The van der Waals surface area contributed by atoms with Crippen molar-refractivity contribution in [1.82, 2.24) is 0 Å². The minimum Gasteiger partial charge on any atom is -0.504 e. The van der Waals surface area contributed by atoms with Crippen LogP contribution in [0.3, 0.4) is 0 Å². The molecule has 0 bridgehead atoms. The van der Waals surface area contributed by atoms with E-state index in [0.717, 1.165) is 19.3 Å². The summed E-state index contributed by atoms with van der Waals surface area (Å²) >= 11 is 0. The van der Waals surface area contributed by atoms with Gasteiger partial charge in [-0.1, -0.05) is 58.4 Å². The Morgan fingerprint density at radius 2 is 1.50 bits per heavy atom. The molecule has 0 radical (unpaired) electrons. The third-order valence-corrected chi connectivity index (χ3v) is 3.47. The predicted molar refractivity (Wildman–Crippen MR) is 95.5 cm³/mol. The first kappa shape index (κ1) is 22.2. The van der Waals surface area contributed by atoms with Crippen LogP contribution in [0.15, 0.2) is 18.2 Å². The van der Waals surface area contributed by atoms with Gasteiger partial charge in [0.15, 0.2) is 5.75 Å². The van der Waals surface area contributed by atoms with Crippen molar-refractivity contribution in [1.29, 1.82) is 0 Å². The Labute approximate surface area is 144 Å². The minimum absolute atomic E-state index is 0.487. The fraction of sp³-hybridized carbons (Fsp3) is 0.667. The van der Waals surface area contributed by atoms with Crippen molar-refractivity contribution in [2.75, 3.05) is 13.2 Å². The van der Waals surface area contributed by atoms with Crippen LogP contribution in [0.5, 0.6) is 11.5 Å². The number of nitrogens with zero attached hydrogens (tertiary/aromatic N) is 1. The fourth-order valence-electron chi connectivity index (χ4n) is 2.03. The van der Waals surface area contributed by atoms with Crippen molar-refractivity contribution in [2.24, 2.45) is 0 Å². The van der Waals surface area contributed by atoms with Crippen LogP contribution >= 0.6 is 0 Å². The molecule has 1 aromatic rings. The third kappa shape index (κ3) is 10.8. The Bertz CT molecular complexity index is 441. The van der Waals surface area contributed by atoms with Gasteiger partial charge in [0.2, 0.25) is 5.75 Å². The van der Waals surface area contributed by atoms with Crippen LogP contribution in [0.25, 0.3) is 0 Å². The summed E-state index contributed by atoms with van der Waals surface area (Å²) in [6, 6.07) is 3.56. The topological polar surface area (TPSA) is 92.8 Å². The van der Waals surface area contributed by atoms with Crippen molar-refractivity contribution in [2.45, 2.75) is 65.2 Å². The number of nitro benzene ring substituents is 1. The normalized spacial score (nSPS) is 10.1. The minimum atomic E-state index is -0.769. The van der Waals surface area contributed by atoms with E-state index in [0.29, 0.717) is 0 Å². The maximum Gasteiger partial charge on any atom is 0.314 e. The number of phenolic OH excluding ortho intramolecular Hbond substituents is 2. The molecule has 0 aliphatic rings. The van der Waals surface area contributed by atoms with E-state index in [1.54, 1.807) is 0 Å². The largest absolute Gasteiger partial charge is 0.504 e. The molecule has 0 unspecified atom stereocenters. The first-order valence-corrected chi connectivity index (χ1v) is 8.77. The van der Waals surface area contributed by atoms with Gasteiger partial charge in [-0.2, -0.15) is 0 Å². The Balaban J connectivity index is 0.000000446. The molecule has 138 valence electrons. The van der Waals surface area contributed by atoms with E-state index in [2.05, 4.69) is 13.8 Å². The quantitative estimate of drug-likeness (QED) is 0.251. The molecule has 0 amide bonds. The molecule has 0 aromatic heterocycles. The summed E-state index contributed by atoms with van der Waals surface area (Å²) in [6.45, 7) is 6.44. The van der Waals surface area contributed by atoms with E-state index in [1.807, 2.05) is 0 Å². The average molecular weight is 341 g/mol. The van der Waals surface area contributed by atoms with Gasteiger partial charge < -0.3 is 14.9 Å². The SMILES string of the molecule is CCCCCCOCCCCCC.O=[N+]([O-])c1cccc(O)c1O. The van der Waals surface area contributed by atoms with Crippen LogP contribution < -0.4 is 0 Å². The van der Waals surface area contributed by atoms with Crippen LogP contribution in [0, 0.1) is 10.1 Å². The Morgan fingerprint density at radius 3 is 1.92 bits per heavy atom. The second-order valence-corrected chi connectivity index (χ2v) is 5.64. The second kappa shape index (κ2) is 14.8. The van der Waals surface area contributed by atoms with Crippen LogP contribution in [-0.2, 0) is 4.74 Å². The molecule has 6 nitrogen and oxygen atoms in total. The summed E-state index contributed by atoms with van der Waals surface area (Å²) in [5.74, 6) is -1.18. The van der Waals surface area contributed by atoms with Crippen LogP contribution in [0.1, 0.15) is 65.2 Å². The van der Waals surface area contributed by atoms with Gasteiger partial charge in [0.05, 0.1) is 4.92 Å². The molecule has 0 saturated heterocycles. The summed E-state index contributed by atoms with van der Waals surface area (Å²) in [4.78, 5) is 9.34. The average Bonchev–Trinajstić information content (AvgIpc) is 2.56. The maximum atomic E-state index is 10.1. The lowest BCUT2D eigenvalue weighted by atomic mass is 10.2. The number of nitro groups is 1. The summed E-state index contributed by atoms with van der Waals surface area (Å²) in [5.41, 5.74) is -0.495. The molecular formula is C18H31NO5. The smallest absolute Gasteiger partial charge is 0.314 e.